The summed E-state index contributed by atoms with van der Waals surface area (Å²) in [6, 6.07) is -0.132. The number of nitrogens with zero attached hydrogens (tertiary/aromatic N) is 4. The van der Waals surface area contributed by atoms with Gasteiger partial charge in [0, 0.05) is 74.7 Å². The van der Waals surface area contributed by atoms with Crippen LogP contribution in [-0.2, 0) is 22.6 Å². The number of aryl methyl sites for hydroxylation is 2. The Labute approximate surface area is 189 Å². The number of urea groups is 1. The monoisotopic (exact) mass is 444 g/mol. The summed E-state index contributed by atoms with van der Waals surface area (Å²) in [5.74, 6) is 0.490. The number of amides is 2. The number of hydrogen-bond donors (Lipinski definition) is 2. The zero-order valence-electron chi connectivity index (χ0n) is 19.2. The first-order chi connectivity index (χ1) is 15.7. The van der Waals surface area contributed by atoms with Crippen LogP contribution in [0, 0.1) is 11.8 Å². The average Bonchev–Trinajstić information content (AvgIpc) is 3.51. The molecule has 0 radical (unpaired) electrons. The predicted molar refractivity (Wildman–Crippen MR) is 120 cm³/mol. The second kappa shape index (κ2) is 11.0. The van der Waals surface area contributed by atoms with Crippen molar-refractivity contribution < 1.29 is 14.3 Å². The van der Waals surface area contributed by atoms with Gasteiger partial charge in [-0.1, -0.05) is 0 Å². The second-order valence-electron chi connectivity index (χ2n) is 8.74. The van der Waals surface area contributed by atoms with Gasteiger partial charge in [0.15, 0.2) is 0 Å². The van der Waals surface area contributed by atoms with Gasteiger partial charge in [-0.3, -0.25) is 9.36 Å². The number of ether oxygens (including phenoxy) is 2. The molecule has 4 rings (SSSR count). The van der Waals surface area contributed by atoms with Crippen LogP contribution in [0.3, 0.4) is 0 Å². The van der Waals surface area contributed by atoms with E-state index in [-0.39, 0.29) is 30.1 Å². The van der Waals surface area contributed by atoms with Gasteiger partial charge >= 0.3 is 6.03 Å². The molecular formula is C23H36N6O3. The summed E-state index contributed by atoms with van der Waals surface area (Å²) in [6.07, 6.45) is 11.9. The lowest BCUT2D eigenvalue weighted by Crippen LogP contribution is -2.43. The van der Waals surface area contributed by atoms with Crippen molar-refractivity contribution in [1.29, 1.82) is 0 Å². The Hall–Kier alpha value is -2.39. The summed E-state index contributed by atoms with van der Waals surface area (Å²) in [5.41, 5.74) is 2.18. The van der Waals surface area contributed by atoms with E-state index in [0.717, 1.165) is 63.1 Å². The molecule has 2 amide bonds. The van der Waals surface area contributed by atoms with Gasteiger partial charge in [-0.2, -0.15) is 10.2 Å². The third-order valence-electron chi connectivity index (χ3n) is 6.55. The fourth-order valence-electron chi connectivity index (χ4n) is 4.75. The van der Waals surface area contributed by atoms with Gasteiger partial charge < -0.3 is 20.1 Å². The maximum atomic E-state index is 12.6. The van der Waals surface area contributed by atoms with E-state index in [1.54, 1.807) is 0 Å². The predicted octanol–water partition coefficient (Wildman–Crippen LogP) is 3.05. The van der Waals surface area contributed by atoms with Crippen LogP contribution in [0.25, 0.3) is 0 Å². The molecule has 2 aliphatic heterocycles. The van der Waals surface area contributed by atoms with Crippen LogP contribution in [0.15, 0.2) is 24.8 Å². The summed E-state index contributed by atoms with van der Waals surface area (Å²) < 4.78 is 15.9. The Morgan fingerprint density at radius 1 is 0.906 bits per heavy atom. The first-order valence-electron chi connectivity index (χ1n) is 12.0. The van der Waals surface area contributed by atoms with E-state index in [1.165, 1.54) is 0 Å². The van der Waals surface area contributed by atoms with Gasteiger partial charge in [0.25, 0.3) is 0 Å². The molecule has 0 saturated carbocycles. The molecule has 4 atom stereocenters. The van der Waals surface area contributed by atoms with E-state index in [9.17, 15) is 4.79 Å². The van der Waals surface area contributed by atoms with E-state index >= 15 is 0 Å². The quantitative estimate of drug-likeness (QED) is 0.653. The maximum absolute atomic E-state index is 12.6. The van der Waals surface area contributed by atoms with E-state index in [0.29, 0.717) is 13.1 Å². The van der Waals surface area contributed by atoms with Crippen LogP contribution in [0.1, 0.15) is 62.9 Å². The summed E-state index contributed by atoms with van der Waals surface area (Å²) in [4.78, 5) is 12.6. The highest BCUT2D eigenvalue weighted by molar-refractivity contribution is 5.73. The first kappa shape index (κ1) is 22.8. The van der Waals surface area contributed by atoms with Crippen LogP contribution in [0.4, 0.5) is 4.79 Å². The van der Waals surface area contributed by atoms with Gasteiger partial charge in [0.05, 0.1) is 24.6 Å². The Balaban J connectivity index is 1.28. The van der Waals surface area contributed by atoms with Gasteiger partial charge in [-0.25, -0.2) is 4.79 Å². The molecule has 2 fully saturated rings. The zero-order chi connectivity index (χ0) is 22.3. The third-order valence-corrected chi connectivity index (χ3v) is 6.55. The van der Waals surface area contributed by atoms with Crippen molar-refractivity contribution in [3.8, 4) is 0 Å². The Kier molecular flexibility index (Phi) is 7.81. The molecule has 0 bridgehead atoms. The molecule has 32 heavy (non-hydrogen) atoms. The summed E-state index contributed by atoms with van der Waals surface area (Å²) in [7, 11) is 0. The minimum Gasteiger partial charge on any atom is -0.373 e. The molecular weight excluding hydrogens is 408 g/mol. The van der Waals surface area contributed by atoms with E-state index in [4.69, 9.17) is 9.47 Å². The molecule has 2 aromatic heterocycles. The molecule has 4 heterocycles. The van der Waals surface area contributed by atoms with Crippen molar-refractivity contribution in [2.24, 2.45) is 11.8 Å². The van der Waals surface area contributed by atoms with Gasteiger partial charge in [-0.05, 0) is 39.5 Å². The molecule has 176 valence electrons. The van der Waals surface area contributed by atoms with Crippen molar-refractivity contribution in [2.45, 2.75) is 64.8 Å². The van der Waals surface area contributed by atoms with Crippen LogP contribution in [0.2, 0.25) is 0 Å². The minimum absolute atomic E-state index is 0.0180. The number of aromatic nitrogens is 4. The lowest BCUT2D eigenvalue weighted by Gasteiger charge is -2.32. The first-order valence-corrected chi connectivity index (χ1v) is 12.0. The molecule has 0 unspecified atom stereocenters. The lowest BCUT2D eigenvalue weighted by atomic mass is 9.90. The summed E-state index contributed by atoms with van der Waals surface area (Å²) in [6.45, 7) is 8.49. The number of carbonyl (C=O) groups is 1. The smallest absolute Gasteiger partial charge is 0.314 e. The Morgan fingerprint density at radius 2 is 1.38 bits per heavy atom. The van der Waals surface area contributed by atoms with Crippen LogP contribution in [0.5, 0.6) is 0 Å². The van der Waals surface area contributed by atoms with Crippen molar-refractivity contribution in [3.05, 3.63) is 35.9 Å². The number of rotatable bonds is 8. The normalized spacial score (nSPS) is 26.1. The Bertz CT molecular complexity index is 797. The van der Waals surface area contributed by atoms with Crippen LogP contribution >= 0.6 is 0 Å². The summed E-state index contributed by atoms with van der Waals surface area (Å²) in [5, 5.41) is 14.9. The van der Waals surface area contributed by atoms with Crippen molar-refractivity contribution in [1.82, 2.24) is 30.2 Å². The van der Waals surface area contributed by atoms with Gasteiger partial charge in [0.1, 0.15) is 0 Å². The van der Waals surface area contributed by atoms with Gasteiger partial charge in [-0.15, -0.1) is 0 Å². The topological polar surface area (TPSA) is 95.2 Å². The minimum atomic E-state index is -0.132. The molecule has 2 N–H and O–H groups in total. The van der Waals surface area contributed by atoms with Crippen molar-refractivity contribution >= 4 is 6.03 Å². The van der Waals surface area contributed by atoms with Crippen molar-refractivity contribution in [3.63, 3.8) is 0 Å². The molecule has 2 saturated heterocycles. The van der Waals surface area contributed by atoms with Crippen LogP contribution in [-0.4, -0.2) is 51.9 Å². The molecule has 9 heteroatoms. The lowest BCUT2D eigenvalue weighted by molar-refractivity contribution is -0.0282. The van der Waals surface area contributed by atoms with Gasteiger partial charge in [0.2, 0.25) is 0 Å². The molecule has 2 aliphatic rings. The fourth-order valence-corrected chi connectivity index (χ4v) is 4.75. The number of hydrogen-bond acceptors (Lipinski definition) is 5. The molecule has 0 aromatic carbocycles. The zero-order valence-corrected chi connectivity index (χ0v) is 19.2. The Morgan fingerprint density at radius 3 is 1.78 bits per heavy atom. The highest BCUT2D eigenvalue weighted by Crippen LogP contribution is 2.34. The van der Waals surface area contributed by atoms with E-state index in [1.807, 2.05) is 34.2 Å². The molecule has 0 aliphatic carbocycles. The highest BCUT2D eigenvalue weighted by atomic mass is 16.5. The fraction of sp³-hybridized carbons (Fsp3) is 0.696. The standard InChI is InChI=1S/C23H36N6O3/c1-3-28-15-19(13-26-28)21-17(7-5-9-31-21)11-24-23(30)25-12-18-8-6-10-32-22(18)20-14-27-29(4-2)16-20/h13-18,21-22H,3-12H2,1-2H3,(H2,24,25,30)/t17-,18-,21+,22+/m0/s1. The second-order valence-corrected chi connectivity index (χ2v) is 8.74. The molecule has 0 spiro atoms. The number of carbonyl (C=O) groups excluding carboxylic acids is 1. The number of nitrogens with one attached hydrogen (secondary N) is 2. The molecule has 9 nitrogen and oxygen atoms in total. The molecule has 2 aromatic rings. The van der Waals surface area contributed by atoms with E-state index in [2.05, 4.69) is 34.7 Å². The maximum Gasteiger partial charge on any atom is 0.314 e. The van der Waals surface area contributed by atoms with E-state index < -0.39 is 0 Å². The summed E-state index contributed by atoms with van der Waals surface area (Å²) >= 11 is 0. The third kappa shape index (κ3) is 5.50. The largest absolute Gasteiger partial charge is 0.373 e. The highest BCUT2D eigenvalue weighted by Gasteiger charge is 2.30. The SMILES string of the molecule is CCn1cc([C@@H]2OCCC[C@H]2CNC(=O)NC[C@@H]2CCCO[C@H]2c2cnn(CC)c2)cn1. The van der Waals surface area contributed by atoms with Crippen molar-refractivity contribution in [2.75, 3.05) is 26.3 Å². The van der Waals surface area contributed by atoms with Crippen LogP contribution < -0.4 is 10.6 Å². The average molecular weight is 445 g/mol.